The van der Waals surface area contributed by atoms with Crippen LogP contribution in [0.5, 0.6) is 0 Å². The molecular weight excluding hydrogens is 240 g/mol. The number of hydrogen-bond donors (Lipinski definition) is 4. The van der Waals surface area contributed by atoms with Gasteiger partial charge in [0.2, 0.25) is 0 Å². The molecule has 3 saturated carbocycles. The average Bonchev–Trinajstić information content (AvgIpc) is 2.89. The zero-order valence-electron chi connectivity index (χ0n) is 9.64. The standard InChI is InChI=1S/C12H16O6/c13-6-2-4-3-1-5(7(4)10(6)14)9(12(17)18)8(3)11(15)16/h3-10,13-14H,1-2H2,(H,15,16)(H,17,18). The van der Waals surface area contributed by atoms with Crippen molar-refractivity contribution in [1.82, 2.24) is 0 Å². The molecule has 2 bridgehead atoms. The maximum atomic E-state index is 11.3. The summed E-state index contributed by atoms with van der Waals surface area (Å²) in [5, 5.41) is 38.0. The summed E-state index contributed by atoms with van der Waals surface area (Å²) in [4.78, 5) is 22.5. The lowest BCUT2D eigenvalue weighted by atomic mass is 9.69. The summed E-state index contributed by atoms with van der Waals surface area (Å²) in [6, 6.07) is 0. The topological polar surface area (TPSA) is 115 Å². The number of carbonyl (C=O) groups is 2. The zero-order chi connectivity index (χ0) is 13.2. The lowest BCUT2D eigenvalue weighted by Crippen LogP contribution is -2.43. The zero-order valence-corrected chi connectivity index (χ0v) is 9.64. The van der Waals surface area contributed by atoms with Crippen molar-refractivity contribution in [3.05, 3.63) is 0 Å². The van der Waals surface area contributed by atoms with Crippen LogP contribution in [0.3, 0.4) is 0 Å². The number of hydrogen-bond acceptors (Lipinski definition) is 4. The first-order chi connectivity index (χ1) is 8.43. The number of rotatable bonds is 2. The third-order valence-electron chi connectivity index (χ3n) is 5.27. The Morgan fingerprint density at radius 1 is 0.833 bits per heavy atom. The molecule has 3 fully saturated rings. The second kappa shape index (κ2) is 3.68. The van der Waals surface area contributed by atoms with Crippen molar-refractivity contribution in [3.63, 3.8) is 0 Å². The minimum Gasteiger partial charge on any atom is -0.481 e. The molecule has 4 N–H and O–H groups in total. The fourth-order valence-corrected chi connectivity index (χ4v) is 4.77. The second-order valence-corrected chi connectivity index (χ2v) is 5.83. The SMILES string of the molecule is O=C(O)C1C2CC(C1C(=O)O)C1C(O)C(O)CC21. The van der Waals surface area contributed by atoms with E-state index in [9.17, 15) is 30.0 Å². The highest BCUT2D eigenvalue weighted by Gasteiger charge is 2.66. The minimum absolute atomic E-state index is 0.0447. The number of carboxylic acids is 2. The molecule has 0 aromatic rings. The molecule has 0 amide bonds. The van der Waals surface area contributed by atoms with Crippen molar-refractivity contribution in [2.24, 2.45) is 35.5 Å². The van der Waals surface area contributed by atoms with Crippen molar-refractivity contribution < 1.29 is 30.0 Å². The first-order valence-corrected chi connectivity index (χ1v) is 6.25. The monoisotopic (exact) mass is 256 g/mol. The molecule has 0 saturated heterocycles. The van der Waals surface area contributed by atoms with Crippen LogP contribution in [0.25, 0.3) is 0 Å². The van der Waals surface area contributed by atoms with Gasteiger partial charge in [0.15, 0.2) is 0 Å². The van der Waals surface area contributed by atoms with Gasteiger partial charge in [-0.05, 0) is 36.5 Å². The van der Waals surface area contributed by atoms with Crippen LogP contribution >= 0.6 is 0 Å². The van der Waals surface area contributed by atoms with Gasteiger partial charge in [-0.3, -0.25) is 9.59 Å². The maximum absolute atomic E-state index is 11.3. The van der Waals surface area contributed by atoms with Gasteiger partial charge in [0.25, 0.3) is 0 Å². The smallest absolute Gasteiger partial charge is 0.307 e. The molecule has 3 rings (SSSR count). The Bertz CT molecular complexity index is 407. The lowest BCUT2D eigenvalue weighted by molar-refractivity contribution is -0.159. The molecule has 100 valence electrons. The van der Waals surface area contributed by atoms with Crippen LogP contribution in [-0.4, -0.2) is 44.6 Å². The summed E-state index contributed by atoms with van der Waals surface area (Å²) in [6.07, 6.45) is -0.801. The highest BCUT2D eigenvalue weighted by Crippen LogP contribution is 2.63. The van der Waals surface area contributed by atoms with E-state index < -0.39 is 36.0 Å². The van der Waals surface area contributed by atoms with E-state index >= 15 is 0 Å². The van der Waals surface area contributed by atoms with Crippen LogP contribution in [0, 0.1) is 35.5 Å². The number of fused-ring (bicyclic) bond motifs is 5. The van der Waals surface area contributed by atoms with E-state index in [-0.39, 0.29) is 23.7 Å². The average molecular weight is 256 g/mol. The molecule has 0 aliphatic heterocycles. The van der Waals surface area contributed by atoms with Gasteiger partial charge >= 0.3 is 11.9 Å². The highest BCUT2D eigenvalue weighted by atomic mass is 16.4. The maximum Gasteiger partial charge on any atom is 0.307 e. The minimum atomic E-state index is -1.10. The van der Waals surface area contributed by atoms with Crippen LogP contribution < -0.4 is 0 Å². The van der Waals surface area contributed by atoms with Crippen LogP contribution in [0.1, 0.15) is 12.8 Å². The van der Waals surface area contributed by atoms with Crippen molar-refractivity contribution in [2.45, 2.75) is 25.0 Å². The first-order valence-electron chi connectivity index (χ1n) is 6.25. The van der Waals surface area contributed by atoms with Crippen molar-refractivity contribution >= 4 is 11.9 Å². The Labute approximate surface area is 103 Å². The summed E-state index contributed by atoms with van der Waals surface area (Å²) >= 11 is 0. The molecule has 0 spiro atoms. The fourth-order valence-electron chi connectivity index (χ4n) is 4.77. The number of aliphatic hydroxyl groups excluding tert-OH is 2. The largest absolute Gasteiger partial charge is 0.481 e. The summed E-state index contributed by atoms with van der Waals surface area (Å²) in [6.45, 7) is 0. The Balaban J connectivity index is 1.96. The Hall–Kier alpha value is -1.14. The van der Waals surface area contributed by atoms with Gasteiger partial charge in [-0.1, -0.05) is 0 Å². The summed E-state index contributed by atoms with van der Waals surface area (Å²) in [5.41, 5.74) is 0. The van der Waals surface area contributed by atoms with Crippen LogP contribution in [0.4, 0.5) is 0 Å². The number of carboxylic acid groups (broad SMARTS) is 2. The molecule has 6 heteroatoms. The van der Waals surface area contributed by atoms with Crippen LogP contribution in [0.15, 0.2) is 0 Å². The summed E-state index contributed by atoms with van der Waals surface area (Å²) in [7, 11) is 0. The predicted molar refractivity (Wildman–Crippen MR) is 57.5 cm³/mol. The molecule has 0 aromatic carbocycles. The van der Waals surface area contributed by atoms with Crippen molar-refractivity contribution in [1.29, 1.82) is 0 Å². The molecule has 0 aromatic heterocycles. The quantitative estimate of drug-likeness (QED) is 0.524. The Morgan fingerprint density at radius 3 is 1.94 bits per heavy atom. The molecule has 3 aliphatic rings. The molecule has 3 aliphatic carbocycles. The third kappa shape index (κ3) is 1.30. The van der Waals surface area contributed by atoms with Crippen LogP contribution in [-0.2, 0) is 9.59 Å². The summed E-state index contributed by atoms with van der Waals surface area (Å²) in [5.74, 6) is -4.78. The van der Waals surface area contributed by atoms with E-state index in [0.717, 1.165) is 0 Å². The van der Waals surface area contributed by atoms with Gasteiger partial charge in [0, 0.05) is 0 Å². The van der Waals surface area contributed by atoms with Crippen molar-refractivity contribution in [3.8, 4) is 0 Å². The second-order valence-electron chi connectivity index (χ2n) is 5.83. The molecule has 0 radical (unpaired) electrons. The van der Waals surface area contributed by atoms with Gasteiger partial charge < -0.3 is 20.4 Å². The Morgan fingerprint density at radius 2 is 1.39 bits per heavy atom. The van der Waals surface area contributed by atoms with Gasteiger partial charge in [-0.2, -0.15) is 0 Å². The molecule has 18 heavy (non-hydrogen) atoms. The van der Waals surface area contributed by atoms with Gasteiger partial charge in [-0.15, -0.1) is 0 Å². The normalized spacial score (nSPS) is 53.4. The lowest BCUT2D eigenvalue weighted by Gasteiger charge is -2.34. The summed E-state index contributed by atoms with van der Waals surface area (Å²) < 4.78 is 0. The predicted octanol–water partition coefficient (Wildman–Crippen LogP) is -0.604. The molecule has 8 atom stereocenters. The van der Waals surface area contributed by atoms with E-state index in [1.54, 1.807) is 0 Å². The van der Waals surface area contributed by atoms with Gasteiger partial charge in [-0.25, -0.2) is 0 Å². The fraction of sp³-hybridized carbons (Fsp3) is 0.833. The third-order valence-corrected chi connectivity index (χ3v) is 5.27. The number of aliphatic carboxylic acids is 2. The number of aliphatic hydroxyl groups is 2. The van der Waals surface area contributed by atoms with E-state index in [0.29, 0.717) is 12.8 Å². The highest BCUT2D eigenvalue weighted by molar-refractivity contribution is 5.82. The van der Waals surface area contributed by atoms with Crippen molar-refractivity contribution in [2.75, 3.05) is 0 Å². The van der Waals surface area contributed by atoms with Gasteiger partial charge in [0.1, 0.15) is 0 Å². The van der Waals surface area contributed by atoms with E-state index in [4.69, 9.17) is 0 Å². The first kappa shape index (κ1) is 11.9. The van der Waals surface area contributed by atoms with E-state index in [2.05, 4.69) is 0 Å². The molecular formula is C12H16O6. The van der Waals surface area contributed by atoms with E-state index in [1.165, 1.54) is 0 Å². The molecule has 6 nitrogen and oxygen atoms in total. The van der Waals surface area contributed by atoms with E-state index in [1.807, 2.05) is 0 Å². The van der Waals surface area contributed by atoms with Gasteiger partial charge in [0.05, 0.1) is 24.0 Å². The Kier molecular flexibility index (Phi) is 2.44. The van der Waals surface area contributed by atoms with Crippen LogP contribution in [0.2, 0.25) is 0 Å². The molecule has 0 heterocycles. The molecule has 8 unspecified atom stereocenters.